The van der Waals surface area contributed by atoms with Gasteiger partial charge in [0.2, 0.25) is 5.91 Å². The standard InChI is InChI=1S/C14H20N4OS.ClH/c1-10-4-3-6-18-9-11(17-13(10)18)8-16-14(19)12(15)5-7-20-2;/h3-4,6,9,12H,5,7-8,15H2,1-2H3,(H,16,19);1H/t12-;/m0./s1. The molecule has 1 amide bonds. The highest BCUT2D eigenvalue weighted by Crippen LogP contribution is 2.09. The summed E-state index contributed by atoms with van der Waals surface area (Å²) in [4.78, 5) is 16.3. The van der Waals surface area contributed by atoms with E-state index < -0.39 is 6.04 Å². The molecular weight excluding hydrogens is 308 g/mol. The number of nitrogens with two attached hydrogens (primary N) is 1. The van der Waals surface area contributed by atoms with Gasteiger partial charge in [-0.25, -0.2) is 4.98 Å². The Morgan fingerprint density at radius 2 is 2.33 bits per heavy atom. The zero-order valence-corrected chi connectivity index (χ0v) is 13.8. The van der Waals surface area contributed by atoms with Crippen molar-refractivity contribution in [3.8, 4) is 0 Å². The first-order chi connectivity index (χ1) is 9.61. The number of nitrogens with zero attached hydrogens (tertiary/aromatic N) is 2. The molecule has 2 aromatic heterocycles. The first-order valence-corrected chi connectivity index (χ1v) is 7.96. The predicted octanol–water partition coefficient (Wildman–Crippen LogP) is 1.76. The molecule has 2 rings (SSSR count). The van der Waals surface area contributed by atoms with Gasteiger partial charge >= 0.3 is 0 Å². The van der Waals surface area contributed by atoms with Gasteiger partial charge in [0, 0.05) is 12.4 Å². The summed E-state index contributed by atoms with van der Waals surface area (Å²) < 4.78 is 1.96. The molecule has 2 heterocycles. The van der Waals surface area contributed by atoms with E-state index in [0.717, 1.165) is 22.7 Å². The van der Waals surface area contributed by atoms with Crippen molar-refractivity contribution >= 4 is 35.7 Å². The van der Waals surface area contributed by atoms with Gasteiger partial charge in [-0.1, -0.05) is 6.07 Å². The molecule has 0 saturated heterocycles. The molecule has 0 spiro atoms. The van der Waals surface area contributed by atoms with Crippen molar-refractivity contribution in [3.63, 3.8) is 0 Å². The Labute approximate surface area is 135 Å². The third-order valence-electron chi connectivity index (χ3n) is 3.14. The van der Waals surface area contributed by atoms with E-state index in [0.29, 0.717) is 13.0 Å². The number of nitrogens with one attached hydrogen (secondary N) is 1. The molecular formula is C14H21ClN4OS. The molecule has 0 aliphatic carbocycles. The number of imidazole rings is 1. The van der Waals surface area contributed by atoms with Crippen LogP contribution in [0.1, 0.15) is 17.7 Å². The van der Waals surface area contributed by atoms with Gasteiger partial charge in [0.25, 0.3) is 0 Å². The molecule has 0 saturated carbocycles. The van der Waals surface area contributed by atoms with Gasteiger partial charge in [0.15, 0.2) is 0 Å². The van der Waals surface area contributed by atoms with E-state index in [1.807, 2.05) is 42.1 Å². The molecule has 3 N–H and O–H groups in total. The van der Waals surface area contributed by atoms with E-state index in [1.165, 1.54) is 0 Å². The number of fused-ring (bicyclic) bond motifs is 1. The van der Waals surface area contributed by atoms with Crippen LogP contribution in [0.3, 0.4) is 0 Å². The summed E-state index contributed by atoms with van der Waals surface area (Å²) >= 11 is 1.69. The van der Waals surface area contributed by atoms with Gasteiger partial charge in [0.1, 0.15) is 5.65 Å². The van der Waals surface area contributed by atoms with Crippen LogP contribution in [0, 0.1) is 6.92 Å². The third kappa shape index (κ3) is 4.62. The average molecular weight is 329 g/mol. The lowest BCUT2D eigenvalue weighted by molar-refractivity contribution is -0.122. The molecule has 7 heteroatoms. The fourth-order valence-corrected chi connectivity index (χ4v) is 2.46. The Morgan fingerprint density at radius 1 is 1.57 bits per heavy atom. The van der Waals surface area contributed by atoms with Crippen LogP contribution in [0.25, 0.3) is 5.65 Å². The molecule has 2 aromatic rings. The van der Waals surface area contributed by atoms with Crippen LogP contribution in [0.4, 0.5) is 0 Å². The molecule has 5 nitrogen and oxygen atoms in total. The summed E-state index contributed by atoms with van der Waals surface area (Å²) in [6, 6.07) is 3.55. The van der Waals surface area contributed by atoms with Crippen LogP contribution < -0.4 is 11.1 Å². The molecule has 1 atom stereocenters. The maximum atomic E-state index is 11.8. The second-order valence-corrected chi connectivity index (χ2v) is 5.75. The van der Waals surface area contributed by atoms with Gasteiger partial charge in [0.05, 0.1) is 18.3 Å². The molecule has 0 aliphatic heterocycles. The monoisotopic (exact) mass is 328 g/mol. The number of halogens is 1. The van der Waals surface area contributed by atoms with Gasteiger partial charge in [-0.3, -0.25) is 4.79 Å². The number of amides is 1. The average Bonchev–Trinajstić information content (AvgIpc) is 2.86. The smallest absolute Gasteiger partial charge is 0.237 e. The van der Waals surface area contributed by atoms with E-state index in [2.05, 4.69) is 10.3 Å². The summed E-state index contributed by atoms with van der Waals surface area (Å²) in [5.41, 5.74) is 8.69. The van der Waals surface area contributed by atoms with Crippen molar-refractivity contribution in [2.45, 2.75) is 25.9 Å². The van der Waals surface area contributed by atoms with Crippen molar-refractivity contribution in [2.24, 2.45) is 5.73 Å². The lowest BCUT2D eigenvalue weighted by Crippen LogP contribution is -2.40. The van der Waals surface area contributed by atoms with Crippen LogP contribution in [0.5, 0.6) is 0 Å². The van der Waals surface area contributed by atoms with E-state index in [1.54, 1.807) is 11.8 Å². The Hall–Kier alpha value is -1.24. The summed E-state index contributed by atoms with van der Waals surface area (Å²) in [5.74, 6) is 0.773. The maximum absolute atomic E-state index is 11.8. The number of rotatable bonds is 6. The number of aryl methyl sites for hydroxylation is 1. The Bertz CT molecular complexity index is 602. The predicted molar refractivity (Wildman–Crippen MR) is 90.0 cm³/mol. The molecule has 0 aliphatic rings. The van der Waals surface area contributed by atoms with Crippen molar-refractivity contribution in [2.75, 3.05) is 12.0 Å². The Morgan fingerprint density at radius 3 is 3.00 bits per heavy atom. The molecule has 0 aromatic carbocycles. The van der Waals surface area contributed by atoms with E-state index in [4.69, 9.17) is 5.73 Å². The maximum Gasteiger partial charge on any atom is 0.237 e. The molecule has 0 radical (unpaired) electrons. The number of carbonyl (C=O) groups is 1. The highest BCUT2D eigenvalue weighted by atomic mass is 35.5. The van der Waals surface area contributed by atoms with E-state index in [9.17, 15) is 4.79 Å². The minimum Gasteiger partial charge on any atom is -0.349 e. The summed E-state index contributed by atoms with van der Waals surface area (Å²) in [6.45, 7) is 2.43. The minimum atomic E-state index is -0.443. The second kappa shape index (κ2) is 8.26. The topological polar surface area (TPSA) is 72.4 Å². The Balaban J connectivity index is 0.00000220. The highest BCUT2D eigenvalue weighted by Gasteiger charge is 2.13. The number of hydrogen-bond donors (Lipinski definition) is 2. The van der Waals surface area contributed by atoms with Crippen molar-refractivity contribution in [1.29, 1.82) is 0 Å². The summed E-state index contributed by atoms with van der Waals surface area (Å²) in [5, 5.41) is 2.84. The normalized spacial score (nSPS) is 12.0. The molecule has 21 heavy (non-hydrogen) atoms. The van der Waals surface area contributed by atoms with Crippen LogP contribution >= 0.6 is 24.2 Å². The molecule has 0 bridgehead atoms. The number of thioether (sulfide) groups is 1. The highest BCUT2D eigenvalue weighted by molar-refractivity contribution is 7.98. The zero-order valence-electron chi connectivity index (χ0n) is 12.2. The first kappa shape index (κ1) is 17.8. The van der Waals surface area contributed by atoms with Crippen LogP contribution in [0.2, 0.25) is 0 Å². The minimum absolute atomic E-state index is 0. The Kier molecular flexibility index (Phi) is 7.01. The third-order valence-corrected chi connectivity index (χ3v) is 3.79. The number of hydrogen-bond acceptors (Lipinski definition) is 4. The second-order valence-electron chi connectivity index (χ2n) is 4.76. The van der Waals surface area contributed by atoms with E-state index >= 15 is 0 Å². The molecule has 0 fully saturated rings. The van der Waals surface area contributed by atoms with Gasteiger partial charge in [-0.15, -0.1) is 12.4 Å². The SMILES string of the molecule is CSCC[C@H](N)C(=O)NCc1cn2cccc(C)c2n1.Cl. The summed E-state index contributed by atoms with van der Waals surface area (Å²) in [7, 11) is 0. The number of aromatic nitrogens is 2. The van der Waals surface area contributed by atoms with Crippen LogP contribution in [-0.4, -0.2) is 33.3 Å². The lowest BCUT2D eigenvalue weighted by Gasteiger charge is -2.10. The van der Waals surface area contributed by atoms with Crippen molar-refractivity contribution in [3.05, 3.63) is 35.8 Å². The van der Waals surface area contributed by atoms with Gasteiger partial charge in [-0.2, -0.15) is 11.8 Å². The summed E-state index contributed by atoms with van der Waals surface area (Å²) in [6.07, 6.45) is 6.57. The number of carbonyl (C=O) groups excluding carboxylic acids is 1. The molecule has 116 valence electrons. The van der Waals surface area contributed by atoms with Crippen LogP contribution in [0.15, 0.2) is 24.5 Å². The first-order valence-electron chi connectivity index (χ1n) is 6.57. The van der Waals surface area contributed by atoms with Gasteiger partial charge in [-0.05, 0) is 37.0 Å². The zero-order chi connectivity index (χ0) is 14.5. The van der Waals surface area contributed by atoms with Crippen LogP contribution in [-0.2, 0) is 11.3 Å². The van der Waals surface area contributed by atoms with Gasteiger partial charge < -0.3 is 15.5 Å². The van der Waals surface area contributed by atoms with Crippen molar-refractivity contribution < 1.29 is 4.79 Å². The fourth-order valence-electron chi connectivity index (χ4n) is 1.97. The lowest BCUT2D eigenvalue weighted by atomic mass is 10.2. The quantitative estimate of drug-likeness (QED) is 0.847. The fraction of sp³-hybridized carbons (Fsp3) is 0.429. The van der Waals surface area contributed by atoms with Crippen molar-refractivity contribution in [1.82, 2.24) is 14.7 Å². The van der Waals surface area contributed by atoms with E-state index in [-0.39, 0.29) is 18.3 Å². The number of pyridine rings is 1. The largest absolute Gasteiger partial charge is 0.349 e. The molecule has 0 unspecified atom stereocenters.